The maximum Gasteiger partial charge on any atom is 0.339 e. The lowest BCUT2D eigenvalue weighted by molar-refractivity contribution is 0.0586. The molecule has 1 aromatic rings. The first kappa shape index (κ1) is 11.7. The Morgan fingerprint density at radius 2 is 1.73 bits per heavy atom. The van der Waals surface area contributed by atoms with E-state index in [1.807, 2.05) is 0 Å². The Bertz CT molecular complexity index is 400. The molecule has 0 saturated heterocycles. The molecule has 0 heterocycles. The second kappa shape index (κ2) is 4.93. The van der Waals surface area contributed by atoms with Gasteiger partial charge in [-0.1, -0.05) is 0 Å². The molecule has 1 rings (SSSR count). The van der Waals surface area contributed by atoms with E-state index in [4.69, 9.17) is 0 Å². The van der Waals surface area contributed by atoms with Crippen molar-refractivity contribution >= 4 is 27.9 Å². The fourth-order valence-corrected chi connectivity index (χ4v) is 1.58. The summed E-state index contributed by atoms with van der Waals surface area (Å²) in [5.41, 5.74) is 0.738. The van der Waals surface area contributed by atoms with Gasteiger partial charge >= 0.3 is 11.9 Å². The van der Waals surface area contributed by atoms with Crippen LogP contribution in [0.2, 0.25) is 0 Å². The predicted octanol–water partition coefficient (Wildman–Crippen LogP) is 2.02. The lowest BCUT2D eigenvalue weighted by Crippen LogP contribution is -2.05. The number of halogens is 1. The Morgan fingerprint density at radius 1 is 1.13 bits per heavy atom. The summed E-state index contributed by atoms with van der Waals surface area (Å²) < 4.78 is 9.60. The molecule has 0 saturated carbocycles. The number of methoxy groups -OCH3 is 2. The first-order chi connectivity index (χ1) is 7.10. The summed E-state index contributed by atoms with van der Waals surface area (Å²) in [6.07, 6.45) is 0. The summed E-state index contributed by atoms with van der Waals surface area (Å²) in [7, 11) is 2.59. The fourth-order valence-electron chi connectivity index (χ4n) is 1.04. The van der Waals surface area contributed by atoms with E-state index in [0.29, 0.717) is 15.6 Å². The molecular formula is C10H9BrO4. The van der Waals surface area contributed by atoms with Gasteiger partial charge in [0, 0.05) is 4.47 Å². The summed E-state index contributed by atoms with van der Waals surface area (Å²) >= 11 is 3.18. The van der Waals surface area contributed by atoms with Crippen LogP contribution in [0.25, 0.3) is 0 Å². The normalized spacial score (nSPS) is 9.53. The number of hydrogen-bond acceptors (Lipinski definition) is 4. The van der Waals surface area contributed by atoms with Crippen molar-refractivity contribution < 1.29 is 19.1 Å². The number of esters is 2. The van der Waals surface area contributed by atoms with Gasteiger partial charge in [-0.2, -0.15) is 0 Å². The third kappa shape index (κ3) is 2.56. The van der Waals surface area contributed by atoms with Crippen molar-refractivity contribution in [1.82, 2.24) is 0 Å². The molecule has 0 aliphatic carbocycles. The van der Waals surface area contributed by atoms with Gasteiger partial charge in [0.05, 0.1) is 25.3 Å². The minimum absolute atomic E-state index is 0.366. The second-order valence-electron chi connectivity index (χ2n) is 2.68. The Labute approximate surface area is 95.3 Å². The summed E-state index contributed by atoms with van der Waals surface area (Å²) in [5.74, 6) is -0.912. The van der Waals surface area contributed by atoms with Gasteiger partial charge < -0.3 is 9.47 Å². The molecule has 0 aliphatic heterocycles. The van der Waals surface area contributed by atoms with Crippen LogP contribution in [0.1, 0.15) is 20.7 Å². The highest BCUT2D eigenvalue weighted by Crippen LogP contribution is 2.19. The molecule has 0 aromatic heterocycles. The molecule has 0 radical (unpaired) electrons. The highest BCUT2D eigenvalue weighted by atomic mass is 79.9. The van der Waals surface area contributed by atoms with E-state index in [2.05, 4.69) is 25.4 Å². The molecule has 80 valence electrons. The maximum atomic E-state index is 11.2. The molecule has 0 atom stereocenters. The molecule has 0 fully saturated rings. The highest BCUT2D eigenvalue weighted by molar-refractivity contribution is 9.10. The summed E-state index contributed by atoms with van der Waals surface area (Å²) in [6, 6.07) is 4.52. The maximum absolute atomic E-state index is 11.2. The molecular weight excluding hydrogens is 264 g/mol. The summed E-state index contributed by atoms with van der Waals surface area (Å²) in [5, 5.41) is 0. The predicted molar refractivity (Wildman–Crippen MR) is 56.8 cm³/mol. The number of carbonyl (C=O) groups excluding carboxylic acids is 2. The molecule has 0 N–H and O–H groups in total. The van der Waals surface area contributed by atoms with Crippen molar-refractivity contribution in [3.05, 3.63) is 33.8 Å². The van der Waals surface area contributed by atoms with Crippen LogP contribution in [0.4, 0.5) is 0 Å². The van der Waals surface area contributed by atoms with Crippen LogP contribution in [0, 0.1) is 0 Å². The standard InChI is InChI=1S/C10H9BrO4/c1-14-9(12)6-3-4-7(8(11)5-6)10(13)15-2/h3-5H,1-2H3. The number of benzene rings is 1. The van der Waals surface area contributed by atoms with Gasteiger partial charge in [-0.05, 0) is 34.1 Å². The zero-order chi connectivity index (χ0) is 11.4. The Morgan fingerprint density at radius 3 is 2.20 bits per heavy atom. The van der Waals surface area contributed by atoms with Crippen molar-refractivity contribution in [2.24, 2.45) is 0 Å². The summed E-state index contributed by atoms with van der Waals surface area (Å²) in [6.45, 7) is 0. The van der Waals surface area contributed by atoms with Gasteiger partial charge in [-0.25, -0.2) is 9.59 Å². The van der Waals surface area contributed by atoms with Crippen LogP contribution in [-0.2, 0) is 9.47 Å². The molecule has 1 aromatic carbocycles. The van der Waals surface area contributed by atoms with E-state index in [1.165, 1.54) is 32.4 Å². The lowest BCUT2D eigenvalue weighted by atomic mass is 10.1. The number of carbonyl (C=O) groups is 2. The van der Waals surface area contributed by atoms with Crippen molar-refractivity contribution in [2.75, 3.05) is 14.2 Å². The zero-order valence-electron chi connectivity index (χ0n) is 8.24. The quantitative estimate of drug-likeness (QED) is 0.773. The van der Waals surface area contributed by atoms with Crippen LogP contribution >= 0.6 is 15.9 Å². The topological polar surface area (TPSA) is 52.6 Å². The molecule has 5 heteroatoms. The second-order valence-corrected chi connectivity index (χ2v) is 3.53. The van der Waals surface area contributed by atoms with E-state index in [-0.39, 0.29) is 0 Å². The van der Waals surface area contributed by atoms with Crippen LogP contribution in [0.15, 0.2) is 22.7 Å². The first-order valence-electron chi connectivity index (χ1n) is 4.06. The SMILES string of the molecule is COC(=O)c1ccc(C(=O)OC)c(Br)c1. The van der Waals surface area contributed by atoms with Gasteiger partial charge in [0.1, 0.15) is 0 Å². The largest absolute Gasteiger partial charge is 0.465 e. The summed E-state index contributed by atoms with van der Waals surface area (Å²) in [4.78, 5) is 22.4. The van der Waals surface area contributed by atoms with Crippen LogP contribution in [0.3, 0.4) is 0 Å². The van der Waals surface area contributed by atoms with E-state index < -0.39 is 11.9 Å². The zero-order valence-corrected chi connectivity index (χ0v) is 9.83. The van der Waals surface area contributed by atoms with E-state index in [0.717, 1.165) is 0 Å². The van der Waals surface area contributed by atoms with E-state index >= 15 is 0 Å². The van der Waals surface area contributed by atoms with Crippen LogP contribution < -0.4 is 0 Å². The Balaban J connectivity index is 3.08. The van der Waals surface area contributed by atoms with Crippen LogP contribution in [-0.4, -0.2) is 26.2 Å². The fraction of sp³-hybridized carbons (Fsp3) is 0.200. The number of ether oxygens (including phenoxy) is 2. The van der Waals surface area contributed by atoms with Crippen LogP contribution in [0.5, 0.6) is 0 Å². The van der Waals surface area contributed by atoms with Crippen molar-refractivity contribution in [1.29, 1.82) is 0 Å². The molecule has 0 aliphatic rings. The van der Waals surface area contributed by atoms with Gasteiger partial charge in [0.25, 0.3) is 0 Å². The minimum Gasteiger partial charge on any atom is -0.465 e. The minimum atomic E-state index is -0.460. The lowest BCUT2D eigenvalue weighted by Gasteiger charge is -2.04. The van der Waals surface area contributed by atoms with Gasteiger partial charge in [-0.15, -0.1) is 0 Å². The molecule has 4 nitrogen and oxygen atoms in total. The average molecular weight is 273 g/mol. The van der Waals surface area contributed by atoms with Crippen molar-refractivity contribution in [3.63, 3.8) is 0 Å². The average Bonchev–Trinajstić information content (AvgIpc) is 2.26. The van der Waals surface area contributed by atoms with E-state index in [9.17, 15) is 9.59 Å². The van der Waals surface area contributed by atoms with Gasteiger partial charge in [-0.3, -0.25) is 0 Å². The first-order valence-corrected chi connectivity index (χ1v) is 4.85. The number of rotatable bonds is 2. The Kier molecular flexibility index (Phi) is 3.85. The monoisotopic (exact) mass is 272 g/mol. The number of hydrogen-bond donors (Lipinski definition) is 0. The molecule has 15 heavy (non-hydrogen) atoms. The Hall–Kier alpha value is -1.36. The van der Waals surface area contributed by atoms with Crippen molar-refractivity contribution in [3.8, 4) is 0 Å². The third-order valence-corrected chi connectivity index (χ3v) is 2.45. The molecule has 0 unspecified atom stereocenters. The van der Waals surface area contributed by atoms with Gasteiger partial charge in [0.15, 0.2) is 0 Å². The van der Waals surface area contributed by atoms with E-state index in [1.54, 1.807) is 0 Å². The highest BCUT2D eigenvalue weighted by Gasteiger charge is 2.13. The molecule has 0 bridgehead atoms. The molecule has 0 spiro atoms. The van der Waals surface area contributed by atoms with Gasteiger partial charge in [0.2, 0.25) is 0 Å². The smallest absolute Gasteiger partial charge is 0.339 e. The molecule has 0 amide bonds. The van der Waals surface area contributed by atoms with Crippen molar-refractivity contribution in [2.45, 2.75) is 0 Å². The third-order valence-electron chi connectivity index (χ3n) is 1.80.